The number of halogens is 1. The summed E-state index contributed by atoms with van der Waals surface area (Å²) in [6.07, 6.45) is 0. The van der Waals surface area contributed by atoms with Crippen LogP contribution >= 0.6 is 15.9 Å². The third-order valence-corrected chi connectivity index (χ3v) is 25.9. The molecule has 135 heavy (non-hydrogen) atoms. The summed E-state index contributed by atoms with van der Waals surface area (Å²) in [5, 5.41) is 13.7. The zero-order valence-corrected chi connectivity index (χ0v) is 73.4. The van der Waals surface area contributed by atoms with Crippen molar-refractivity contribution in [2.75, 3.05) is 0 Å². The minimum Gasteiger partial charge on any atom is -0.354 e. The van der Waals surface area contributed by atoms with Crippen LogP contribution in [-0.2, 0) is 0 Å². The van der Waals surface area contributed by atoms with Crippen molar-refractivity contribution < 1.29 is 0 Å². The van der Waals surface area contributed by atoms with Gasteiger partial charge in [-0.2, -0.15) is 0 Å². The predicted octanol–water partition coefficient (Wildman–Crippen LogP) is 31.5. The van der Waals surface area contributed by atoms with Crippen LogP contribution in [0.2, 0.25) is 0 Å². The van der Waals surface area contributed by atoms with Gasteiger partial charge in [-0.3, -0.25) is 0 Å². The van der Waals surface area contributed by atoms with Crippen LogP contribution in [0.15, 0.2) is 417 Å². The van der Waals surface area contributed by atoms with Gasteiger partial charge in [0.25, 0.3) is 0 Å². The lowest BCUT2D eigenvalue weighted by Crippen LogP contribution is -2.00. The summed E-state index contributed by atoms with van der Waals surface area (Å²) in [7, 11) is 0. The van der Waals surface area contributed by atoms with E-state index in [1.807, 2.05) is 218 Å². The molecule has 628 valence electrons. The average molecular weight is 1790 g/mol. The highest BCUT2D eigenvalue weighted by molar-refractivity contribution is 9.10. The molecule has 0 unspecified atom stereocenters. The first-order valence-corrected chi connectivity index (χ1v) is 44.8. The molecular formula is C118H69BrN16. The van der Waals surface area contributed by atoms with Gasteiger partial charge in [0.05, 0.1) is 87.0 Å². The first-order valence-electron chi connectivity index (χ1n) is 44.1. The van der Waals surface area contributed by atoms with Crippen molar-refractivity contribution in [2.45, 2.75) is 0 Å². The maximum atomic E-state index is 7.75. The molecule has 8 heterocycles. The molecule has 8 aromatic heterocycles. The molecule has 1 N–H and O–H groups in total. The van der Waals surface area contributed by atoms with E-state index in [2.05, 4.69) is 262 Å². The lowest BCUT2D eigenvalue weighted by Gasteiger charge is -2.14. The molecule has 0 spiro atoms. The average Bonchev–Trinajstić information content (AvgIpc) is 1.51. The van der Waals surface area contributed by atoms with Gasteiger partial charge in [-0.05, 0) is 121 Å². The molecule has 0 bridgehead atoms. The molecule has 0 atom stereocenters. The first-order chi connectivity index (χ1) is 66.7. The smallest absolute Gasteiger partial charge is 0.187 e. The van der Waals surface area contributed by atoms with Crippen molar-refractivity contribution in [3.05, 3.63) is 463 Å². The Bertz CT molecular complexity index is 9130. The van der Waals surface area contributed by atoms with E-state index in [4.69, 9.17) is 51.2 Å². The van der Waals surface area contributed by atoms with E-state index in [-0.39, 0.29) is 0 Å². The Morgan fingerprint density at radius 3 is 0.667 bits per heavy atom. The van der Waals surface area contributed by atoms with Crippen molar-refractivity contribution in [3.63, 3.8) is 0 Å². The number of nitrogens with zero attached hydrogens (tertiary/aromatic N) is 15. The van der Waals surface area contributed by atoms with Gasteiger partial charge < -0.3 is 27.8 Å². The van der Waals surface area contributed by atoms with Gasteiger partial charge in [-0.15, -0.1) is 0 Å². The second-order valence-corrected chi connectivity index (χ2v) is 33.9. The Balaban J connectivity index is 0.000000125. The summed E-state index contributed by atoms with van der Waals surface area (Å²) < 4.78 is 12.9. The van der Waals surface area contributed by atoms with Crippen LogP contribution in [0.1, 0.15) is 0 Å². The van der Waals surface area contributed by atoms with Gasteiger partial charge in [0, 0.05) is 136 Å². The minimum atomic E-state index is 0.588. The van der Waals surface area contributed by atoms with Crippen LogP contribution < -0.4 is 0 Å². The highest BCUT2D eigenvalue weighted by Gasteiger charge is 2.32. The number of hydrogen-bond acceptors (Lipinski definition) is 6. The molecule has 0 aliphatic rings. The number of benzene rings is 18. The normalized spacial score (nSPS) is 11.4. The Kier molecular flexibility index (Phi) is 19.5. The lowest BCUT2D eigenvalue weighted by atomic mass is 10.0. The molecule has 26 rings (SSSR count). The standard InChI is InChI=1S/C59H34N8.C38H21N5.C21H14BrN3/c1-60-40-27-33-43(34-28-40)66-49-23-13-10-20-46(49)52-54-51(55-53(56(52)66)47-21-11-14-24-50(47)67(55)44-35-29-41(61-2)30-36-44)45-19-9-12-22-48(45)65(54)42-31-25-39(26-32-42)59-63-57(37-15-5-3-6-16-37)62-58(64-59)38-17-7-4-8-18-38;1-39-23-15-19-25(20-16-23)42-31-13-7-4-10-28(31)34-36-33(27-9-3-6-12-30(27)41-36)37-35(38(34)42)29-11-5-8-14-32(29)43(37)26-21-17-24(40-2)18-22-26;22-18-13-11-17(12-14-18)21-24-19(15-7-3-1-4-8-15)23-20(25-21)16-9-5-2-6-10-16/h3-36H;3-22,41H;1-14H. The van der Waals surface area contributed by atoms with Crippen molar-refractivity contribution in [1.82, 2.24) is 57.7 Å². The van der Waals surface area contributed by atoms with Gasteiger partial charge in [0.15, 0.2) is 57.7 Å². The zero-order valence-electron chi connectivity index (χ0n) is 71.8. The van der Waals surface area contributed by atoms with Gasteiger partial charge in [-0.1, -0.05) is 307 Å². The molecule has 0 fully saturated rings. The van der Waals surface area contributed by atoms with E-state index in [0.717, 1.165) is 170 Å². The van der Waals surface area contributed by atoms with Crippen LogP contribution in [0.5, 0.6) is 0 Å². The highest BCUT2D eigenvalue weighted by Crippen LogP contribution is 2.53. The molecular weight excluding hydrogens is 1720 g/mol. The zero-order chi connectivity index (χ0) is 90.3. The predicted molar refractivity (Wildman–Crippen MR) is 553 cm³/mol. The van der Waals surface area contributed by atoms with E-state index < -0.39 is 0 Å². The number of rotatable bonds is 11. The minimum absolute atomic E-state index is 0.588. The van der Waals surface area contributed by atoms with Gasteiger partial charge >= 0.3 is 0 Å². The fourth-order valence-electron chi connectivity index (χ4n) is 19.5. The van der Waals surface area contributed by atoms with Crippen molar-refractivity contribution in [3.8, 4) is 96.8 Å². The Hall–Kier alpha value is -18.8. The quantitative estimate of drug-likeness (QED) is 0.128. The van der Waals surface area contributed by atoms with Crippen LogP contribution in [-0.4, -0.2) is 57.7 Å². The summed E-state index contributed by atoms with van der Waals surface area (Å²) in [5.74, 6) is 3.83. The molecule has 18 aromatic carbocycles. The molecule has 17 heteroatoms. The second kappa shape index (κ2) is 33.1. The van der Waals surface area contributed by atoms with Crippen LogP contribution in [0.4, 0.5) is 22.7 Å². The molecule has 0 amide bonds. The van der Waals surface area contributed by atoms with Crippen LogP contribution in [0.3, 0.4) is 0 Å². The van der Waals surface area contributed by atoms with E-state index >= 15 is 0 Å². The summed E-state index contributed by atoms with van der Waals surface area (Å²) in [4.78, 5) is 47.7. The van der Waals surface area contributed by atoms with Gasteiger partial charge in [0.2, 0.25) is 0 Å². The lowest BCUT2D eigenvalue weighted by molar-refractivity contribution is 1.07. The maximum absolute atomic E-state index is 7.75. The number of nitrogens with one attached hydrogen (secondary N) is 1. The molecule has 0 radical (unpaired) electrons. The summed E-state index contributed by atoms with van der Waals surface area (Å²) in [6.45, 7) is 30.5. The Labute approximate surface area is 781 Å². The number of H-pyrrole nitrogens is 1. The van der Waals surface area contributed by atoms with E-state index in [0.29, 0.717) is 57.7 Å². The van der Waals surface area contributed by atoms with Crippen LogP contribution in [0.25, 0.3) is 247 Å². The molecule has 0 saturated heterocycles. The fourth-order valence-corrected chi connectivity index (χ4v) is 19.7. The van der Waals surface area contributed by atoms with Crippen LogP contribution in [0, 0.1) is 26.3 Å². The first kappa shape index (κ1) is 79.6. The van der Waals surface area contributed by atoms with Crippen molar-refractivity contribution >= 4 is 170 Å². The summed E-state index contributed by atoms with van der Waals surface area (Å²) >= 11 is 3.47. The molecule has 26 aromatic rings. The Morgan fingerprint density at radius 2 is 0.400 bits per heavy atom. The SMILES string of the molecule is Brc1ccc(-c2nc(-c3ccccc3)nc(-c3ccccc3)n2)cc1.[C-]#[N+]c1ccc(-n2c3ccccc3c3c2c2c4ccccc4n(-c4ccc(-c5nc(-c6ccccc6)nc(-c6ccccc6)n5)cc4)c2c2c4ccccc4n(-c4ccc([N+]#[C-])cc4)c32)cc1.[C-]#[N+]c1ccc(-n2c3ccccc3c3c4[nH]c5ccccc5c4c4c(c5ccccc5n4-c4ccc([N+]#[C-])cc4)c32)cc1. The highest BCUT2D eigenvalue weighted by atomic mass is 79.9. The van der Waals surface area contributed by atoms with Crippen molar-refractivity contribution in [1.29, 1.82) is 0 Å². The number of para-hydroxylation sites is 6. The summed E-state index contributed by atoms with van der Waals surface area (Å²) in [5.41, 5.74) is 26.0. The second-order valence-electron chi connectivity index (χ2n) is 32.9. The molecule has 0 aliphatic carbocycles. The van der Waals surface area contributed by atoms with E-state index in [1.165, 1.54) is 26.9 Å². The van der Waals surface area contributed by atoms with E-state index in [9.17, 15) is 0 Å². The van der Waals surface area contributed by atoms with E-state index in [1.54, 1.807) is 0 Å². The fraction of sp³-hybridized carbons (Fsp3) is 0. The van der Waals surface area contributed by atoms with Crippen molar-refractivity contribution in [2.24, 2.45) is 0 Å². The molecule has 0 aliphatic heterocycles. The third kappa shape index (κ3) is 13.5. The number of aromatic nitrogens is 12. The number of aromatic amines is 1. The topological polar surface area (TPSA) is 135 Å². The third-order valence-electron chi connectivity index (χ3n) is 25.3. The molecule has 0 saturated carbocycles. The summed E-state index contributed by atoms with van der Waals surface area (Å²) in [6, 6.07) is 140. The van der Waals surface area contributed by atoms with Gasteiger partial charge in [-0.25, -0.2) is 49.3 Å². The Morgan fingerprint density at radius 1 is 0.200 bits per heavy atom. The number of fused-ring (bicyclic) bond motifs is 24. The maximum Gasteiger partial charge on any atom is 0.187 e. The van der Waals surface area contributed by atoms with Gasteiger partial charge in [0.1, 0.15) is 0 Å². The molecule has 16 nitrogen and oxygen atoms in total. The number of hydrogen-bond donors (Lipinski definition) is 1. The monoisotopic (exact) mass is 1790 g/mol. The largest absolute Gasteiger partial charge is 0.354 e.